The predicted octanol–water partition coefficient (Wildman–Crippen LogP) is 3.01. The summed E-state index contributed by atoms with van der Waals surface area (Å²) >= 11 is 6.13. The summed E-state index contributed by atoms with van der Waals surface area (Å²) in [6.45, 7) is 2.93. The SMILES string of the molecule is COCC1CC2(CCN(C(=O)c3ccc(OC)c(Cl)c3)CC2)CO1. The molecule has 0 bridgehead atoms. The molecule has 1 aromatic rings. The van der Waals surface area contributed by atoms with Gasteiger partial charge in [-0.2, -0.15) is 0 Å². The van der Waals surface area contributed by atoms with Crippen molar-refractivity contribution < 1.29 is 19.0 Å². The lowest BCUT2D eigenvalue weighted by atomic mass is 9.76. The van der Waals surface area contributed by atoms with E-state index in [0.717, 1.165) is 39.0 Å². The zero-order valence-electron chi connectivity index (χ0n) is 14.2. The molecule has 132 valence electrons. The van der Waals surface area contributed by atoms with Gasteiger partial charge in [-0.25, -0.2) is 0 Å². The van der Waals surface area contributed by atoms with E-state index in [1.807, 2.05) is 4.90 Å². The molecule has 1 amide bonds. The van der Waals surface area contributed by atoms with Crippen LogP contribution in [0, 0.1) is 5.41 Å². The number of amides is 1. The van der Waals surface area contributed by atoms with Gasteiger partial charge < -0.3 is 19.1 Å². The summed E-state index contributed by atoms with van der Waals surface area (Å²) < 4.78 is 16.2. The van der Waals surface area contributed by atoms with E-state index in [-0.39, 0.29) is 17.4 Å². The van der Waals surface area contributed by atoms with Crippen LogP contribution in [0.1, 0.15) is 29.6 Å². The van der Waals surface area contributed by atoms with E-state index >= 15 is 0 Å². The van der Waals surface area contributed by atoms with Crippen LogP contribution in [0.15, 0.2) is 18.2 Å². The minimum Gasteiger partial charge on any atom is -0.495 e. The van der Waals surface area contributed by atoms with Crippen LogP contribution in [0.4, 0.5) is 0 Å². The first-order valence-corrected chi connectivity index (χ1v) is 8.68. The third-order valence-corrected chi connectivity index (χ3v) is 5.44. The quantitative estimate of drug-likeness (QED) is 0.834. The Morgan fingerprint density at radius 2 is 2.12 bits per heavy atom. The lowest BCUT2D eigenvalue weighted by Gasteiger charge is -2.38. The minimum atomic E-state index is 0.0294. The summed E-state index contributed by atoms with van der Waals surface area (Å²) in [6, 6.07) is 5.19. The number of methoxy groups -OCH3 is 2. The van der Waals surface area contributed by atoms with Crippen molar-refractivity contribution in [1.82, 2.24) is 4.90 Å². The fraction of sp³-hybridized carbons (Fsp3) is 0.611. The van der Waals surface area contributed by atoms with Gasteiger partial charge in [0.05, 0.1) is 31.5 Å². The molecular formula is C18H24ClNO4. The van der Waals surface area contributed by atoms with E-state index in [9.17, 15) is 4.79 Å². The third-order valence-electron chi connectivity index (χ3n) is 5.15. The number of nitrogens with zero attached hydrogens (tertiary/aromatic N) is 1. The molecule has 1 aromatic carbocycles. The molecular weight excluding hydrogens is 330 g/mol. The largest absolute Gasteiger partial charge is 0.495 e. The van der Waals surface area contributed by atoms with Crippen molar-refractivity contribution in [2.45, 2.75) is 25.4 Å². The van der Waals surface area contributed by atoms with E-state index < -0.39 is 0 Å². The second-order valence-corrected chi connectivity index (χ2v) is 7.14. The van der Waals surface area contributed by atoms with Crippen molar-refractivity contribution in [2.24, 2.45) is 5.41 Å². The molecule has 2 fully saturated rings. The van der Waals surface area contributed by atoms with E-state index in [1.165, 1.54) is 0 Å². The minimum absolute atomic E-state index is 0.0294. The zero-order chi connectivity index (χ0) is 17.2. The fourth-order valence-electron chi connectivity index (χ4n) is 3.70. The molecule has 0 aliphatic carbocycles. The maximum Gasteiger partial charge on any atom is 0.253 e. The maximum absolute atomic E-state index is 12.7. The van der Waals surface area contributed by atoms with Crippen LogP contribution in [0.25, 0.3) is 0 Å². The van der Waals surface area contributed by atoms with Crippen LogP contribution in [-0.4, -0.2) is 57.4 Å². The van der Waals surface area contributed by atoms with Crippen LogP contribution >= 0.6 is 11.6 Å². The van der Waals surface area contributed by atoms with E-state index in [1.54, 1.807) is 32.4 Å². The highest BCUT2D eigenvalue weighted by atomic mass is 35.5. The Balaban J connectivity index is 1.60. The molecule has 5 nitrogen and oxygen atoms in total. The Hall–Kier alpha value is -1.30. The van der Waals surface area contributed by atoms with Crippen molar-refractivity contribution in [3.05, 3.63) is 28.8 Å². The van der Waals surface area contributed by atoms with Crippen molar-refractivity contribution in [1.29, 1.82) is 0 Å². The van der Waals surface area contributed by atoms with Crippen LogP contribution in [0.2, 0.25) is 5.02 Å². The standard InChI is InChI=1S/C18H24ClNO4/c1-22-11-14-10-18(12-24-14)5-7-20(8-6-18)17(21)13-3-4-16(23-2)15(19)9-13/h3-4,9,14H,5-8,10-12H2,1-2H3. The van der Waals surface area contributed by atoms with E-state index in [4.69, 9.17) is 25.8 Å². The highest BCUT2D eigenvalue weighted by Crippen LogP contribution is 2.42. The molecule has 3 rings (SSSR count). The van der Waals surface area contributed by atoms with Crippen molar-refractivity contribution in [3.63, 3.8) is 0 Å². The number of hydrogen-bond donors (Lipinski definition) is 0. The topological polar surface area (TPSA) is 48.0 Å². The molecule has 0 saturated carbocycles. The number of benzene rings is 1. The van der Waals surface area contributed by atoms with Gasteiger partial charge in [-0.05, 0) is 42.9 Å². The summed E-state index contributed by atoms with van der Waals surface area (Å²) in [6.07, 6.45) is 3.17. The van der Waals surface area contributed by atoms with Gasteiger partial charge in [-0.3, -0.25) is 4.79 Å². The van der Waals surface area contributed by atoms with Crippen molar-refractivity contribution >= 4 is 17.5 Å². The number of piperidine rings is 1. The smallest absolute Gasteiger partial charge is 0.253 e. The lowest BCUT2D eigenvalue weighted by Crippen LogP contribution is -2.43. The van der Waals surface area contributed by atoms with Gasteiger partial charge in [0, 0.05) is 25.8 Å². The van der Waals surface area contributed by atoms with Crippen LogP contribution in [0.5, 0.6) is 5.75 Å². The predicted molar refractivity (Wildman–Crippen MR) is 91.8 cm³/mol. The highest BCUT2D eigenvalue weighted by Gasteiger charge is 2.43. The van der Waals surface area contributed by atoms with Gasteiger partial charge >= 0.3 is 0 Å². The molecule has 6 heteroatoms. The zero-order valence-corrected chi connectivity index (χ0v) is 15.0. The summed E-state index contributed by atoms with van der Waals surface area (Å²) in [7, 11) is 3.27. The molecule has 1 spiro atoms. The van der Waals surface area contributed by atoms with Crippen LogP contribution in [-0.2, 0) is 9.47 Å². The number of hydrogen-bond acceptors (Lipinski definition) is 4. The lowest BCUT2D eigenvalue weighted by molar-refractivity contribution is 0.0281. The Labute approximate surface area is 147 Å². The molecule has 0 N–H and O–H groups in total. The first-order valence-electron chi connectivity index (χ1n) is 8.30. The van der Waals surface area contributed by atoms with Gasteiger partial charge in [-0.1, -0.05) is 11.6 Å². The number of halogens is 1. The van der Waals surface area contributed by atoms with Gasteiger partial charge in [0.25, 0.3) is 5.91 Å². The molecule has 2 aliphatic heterocycles. The summed E-state index contributed by atoms with van der Waals surface area (Å²) in [5.74, 6) is 0.611. The Morgan fingerprint density at radius 3 is 2.75 bits per heavy atom. The summed E-state index contributed by atoms with van der Waals surface area (Å²) in [5.41, 5.74) is 0.814. The number of carbonyl (C=O) groups excluding carboxylic acids is 1. The third kappa shape index (κ3) is 3.53. The molecule has 24 heavy (non-hydrogen) atoms. The van der Waals surface area contributed by atoms with E-state index in [0.29, 0.717) is 22.9 Å². The number of likely N-dealkylation sites (tertiary alicyclic amines) is 1. The van der Waals surface area contributed by atoms with Gasteiger partial charge in [-0.15, -0.1) is 0 Å². The average molecular weight is 354 g/mol. The van der Waals surface area contributed by atoms with Gasteiger partial charge in [0.15, 0.2) is 0 Å². The first-order chi connectivity index (χ1) is 11.6. The van der Waals surface area contributed by atoms with Crippen molar-refractivity contribution in [3.8, 4) is 5.75 Å². The normalized spacial score (nSPS) is 22.8. The van der Waals surface area contributed by atoms with E-state index in [2.05, 4.69) is 0 Å². The fourth-order valence-corrected chi connectivity index (χ4v) is 3.96. The summed E-state index contributed by atoms with van der Waals surface area (Å²) in [4.78, 5) is 14.6. The number of carbonyl (C=O) groups is 1. The molecule has 0 aromatic heterocycles. The second kappa shape index (κ2) is 7.30. The average Bonchev–Trinajstić information content (AvgIpc) is 2.98. The molecule has 0 radical (unpaired) electrons. The molecule has 2 aliphatic rings. The molecule has 2 heterocycles. The maximum atomic E-state index is 12.7. The second-order valence-electron chi connectivity index (χ2n) is 6.73. The number of ether oxygens (including phenoxy) is 3. The number of rotatable bonds is 4. The Kier molecular flexibility index (Phi) is 5.33. The highest BCUT2D eigenvalue weighted by molar-refractivity contribution is 6.32. The van der Waals surface area contributed by atoms with Gasteiger partial charge in [0.1, 0.15) is 5.75 Å². The monoisotopic (exact) mass is 353 g/mol. The molecule has 2 saturated heterocycles. The summed E-state index contributed by atoms with van der Waals surface area (Å²) in [5, 5.41) is 0.462. The van der Waals surface area contributed by atoms with Crippen molar-refractivity contribution in [2.75, 3.05) is 40.5 Å². The van der Waals surface area contributed by atoms with Crippen LogP contribution in [0.3, 0.4) is 0 Å². The first kappa shape index (κ1) is 17.5. The Morgan fingerprint density at radius 1 is 1.38 bits per heavy atom. The van der Waals surface area contributed by atoms with Crippen LogP contribution < -0.4 is 4.74 Å². The Bertz CT molecular complexity index is 599. The molecule has 1 atom stereocenters. The molecule has 1 unspecified atom stereocenters. The van der Waals surface area contributed by atoms with Gasteiger partial charge in [0.2, 0.25) is 0 Å².